The van der Waals surface area contributed by atoms with Gasteiger partial charge in [-0.15, -0.1) is 0 Å². The third-order valence-electron chi connectivity index (χ3n) is 3.50. The van der Waals surface area contributed by atoms with Gasteiger partial charge in [-0.25, -0.2) is 0 Å². The van der Waals surface area contributed by atoms with Gasteiger partial charge in [0, 0.05) is 19.9 Å². The monoisotopic (exact) mass is 248 g/mol. The highest BCUT2D eigenvalue weighted by Crippen LogP contribution is 2.37. The minimum absolute atomic E-state index is 0.120. The molecule has 1 aliphatic carbocycles. The largest absolute Gasteiger partial charge is 0.376 e. The molecular weight excluding hydrogens is 228 g/mol. The molecule has 18 heavy (non-hydrogen) atoms. The summed E-state index contributed by atoms with van der Waals surface area (Å²) >= 11 is 0. The number of methoxy groups -OCH3 is 1. The van der Waals surface area contributed by atoms with Crippen LogP contribution >= 0.6 is 0 Å². The van der Waals surface area contributed by atoms with E-state index in [0.29, 0.717) is 18.2 Å². The molecular formula is C14H20N2O2. The SMILES string of the molecule is COC1(CNC(=O)c2cc(C(C)C)ccn2)CC1. The van der Waals surface area contributed by atoms with Gasteiger partial charge in [-0.3, -0.25) is 9.78 Å². The molecule has 2 rings (SSSR count). The second-order valence-corrected chi connectivity index (χ2v) is 5.20. The van der Waals surface area contributed by atoms with Crippen LogP contribution < -0.4 is 5.32 Å². The summed E-state index contributed by atoms with van der Waals surface area (Å²) in [6, 6.07) is 3.80. The highest BCUT2D eigenvalue weighted by molar-refractivity contribution is 5.92. The lowest BCUT2D eigenvalue weighted by Gasteiger charge is -2.14. The smallest absolute Gasteiger partial charge is 0.269 e. The highest BCUT2D eigenvalue weighted by atomic mass is 16.5. The molecule has 1 aromatic rings. The van der Waals surface area contributed by atoms with Gasteiger partial charge >= 0.3 is 0 Å². The minimum atomic E-state index is -0.124. The average Bonchev–Trinajstić information content (AvgIpc) is 3.17. The molecule has 1 fully saturated rings. The molecule has 0 aliphatic heterocycles. The summed E-state index contributed by atoms with van der Waals surface area (Å²) in [6.07, 6.45) is 3.72. The number of nitrogens with zero attached hydrogens (tertiary/aromatic N) is 1. The van der Waals surface area contributed by atoms with E-state index in [2.05, 4.69) is 24.1 Å². The number of nitrogens with one attached hydrogen (secondary N) is 1. The molecule has 0 spiro atoms. The zero-order chi connectivity index (χ0) is 13.2. The maximum atomic E-state index is 12.0. The van der Waals surface area contributed by atoms with Gasteiger partial charge in [-0.05, 0) is 36.5 Å². The highest BCUT2D eigenvalue weighted by Gasteiger charge is 2.43. The summed E-state index contributed by atoms with van der Waals surface area (Å²) in [5, 5.41) is 2.89. The standard InChI is InChI=1S/C14H20N2O2/c1-10(2)11-4-7-15-12(8-11)13(17)16-9-14(18-3)5-6-14/h4,7-8,10H,5-6,9H2,1-3H3,(H,16,17). The fourth-order valence-corrected chi connectivity index (χ4v) is 1.85. The Bertz CT molecular complexity index is 439. The lowest BCUT2D eigenvalue weighted by molar-refractivity contribution is 0.0708. The molecule has 0 unspecified atom stereocenters. The average molecular weight is 248 g/mol. The van der Waals surface area contributed by atoms with Crippen LogP contribution in [0.25, 0.3) is 0 Å². The second kappa shape index (κ2) is 5.06. The number of aromatic nitrogens is 1. The van der Waals surface area contributed by atoms with Gasteiger partial charge in [-0.2, -0.15) is 0 Å². The molecule has 0 radical (unpaired) electrons. The van der Waals surface area contributed by atoms with E-state index in [1.165, 1.54) is 0 Å². The number of hydrogen-bond donors (Lipinski definition) is 1. The number of hydrogen-bond acceptors (Lipinski definition) is 3. The van der Waals surface area contributed by atoms with Gasteiger partial charge in [0.1, 0.15) is 5.69 Å². The summed E-state index contributed by atoms with van der Waals surface area (Å²) in [5.74, 6) is 0.272. The van der Waals surface area contributed by atoms with Crippen molar-refractivity contribution in [3.8, 4) is 0 Å². The van der Waals surface area contributed by atoms with E-state index in [1.807, 2.05) is 12.1 Å². The van der Waals surface area contributed by atoms with Crippen LogP contribution in [0.3, 0.4) is 0 Å². The molecule has 0 atom stereocenters. The Hall–Kier alpha value is -1.42. The molecule has 1 aromatic heterocycles. The van der Waals surface area contributed by atoms with E-state index in [-0.39, 0.29) is 11.5 Å². The quantitative estimate of drug-likeness (QED) is 0.868. The van der Waals surface area contributed by atoms with Crippen molar-refractivity contribution in [1.82, 2.24) is 10.3 Å². The molecule has 1 aliphatic rings. The minimum Gasteiger partial charge on any atom is -0.376 e. The van der Waals surface area contributed by atoms with E-state index >= 15 is 0 Å². The normalized spacial score (nSPS) is 16.7. The predicted octanol–water partition coefficient (Wildman–Crippen LogP) is 2.11. The van der Waals surface area contributed by atoms with E-state index < -0.39 is 0 Å². The van der Waals surface area contributed by atoms with Gasteiger partial charge in [-0.1, -0.05) is 13.8 Å². The van der Waals surface area contributed by atoms with Crippen molar-refractivity contribution >= 4 is 5.91 Å². The third kappa shape index (κ3) is 2.88. The zero-order valence-electron chi connectivity index (χ0n) is 11.2. The molecule has 1 saturated carbocycles. The van der Waals surface area contributed by atoms with Crippen molar-refractivity contribution in [2.75, 3.05) is 13.7 Å². The Morgan fingerprint density at radius 1 is 1.56 bits per heavy atom. The molecule has 1 N–H and O–H groups in total. The Morgan fingerprint density at radius 3 is 2.83 bits per heavy atom. The number of rotatable bonds is 5. The van der Waals surface area contributed by atoms with Crippen LogP contribution in [0.4, 0.5) is 0 Å². The molecule has 1 heterocycles. The first kappa shape index (κ1) is 13.0. The summed E-state index contributed by atoms with van der Waals surface area (Å²) in [4.78, 5) is 16.1. The van der Waals surface area contributed by atoms with Crippen molar-refractivity contribution in [3.63, 3.8) is 0 Å². The molecule has 0 aromatic carbocycles. The van der Waals surface area contributed by atoms with E-state index in [0.717, 1.165) is 18.4 Å². The molecule has 1 amide bonds. The number of pyridine rings is 1. The number of ether oxygens (including phenoxy) is 1. The first-order valence-electron chi connectivity index (χ1n) is 6.36. The van der Waals surface area contributed by atoms with Crippen LogP contribution in [0.15, 0.2) is 18.3 Å². The third-order valence-corrected chi connectivity index (χ3v) is 3.50. The van der Waals surface area contributed by atoms with E-state index in [1.54, 1.807) is 13.3 Å². The van der Waals surface area contributed by atoms with E-state index in [9.17, 15) is 4.79 Å². The van der Waals surface area contributed by atoms with Crippen molar-refractivity contribution in [2.24, 2.45) is 0 Å². The molecule has 98 valence electrons. The van der Waals surface area contributed by atoms with Gasteiger partial charge in [0.05, 0.1) is 5.60 Å². The Kier molecular flexibility index (Phi) is 3.66. The Morgan fingerprint density at radius 2 is 2.28 bits per heavy atom. The molecule has 0 saturated heterocycles. The topological polar surface area (TPSA) is 51.2 Å². The molecule has 4 nitrogen and oxygen atoms in total. The maximum Gasteiger partial charge on any atom is 0.269 e. The van der Waals surface area contributed by atoms with Crippen molar-refractivity contribution in [2.45, 2.75) is 38.2 Å². The van der Waals surface area contributed by atoms with Gasteiger partial charge in [0.25, 0.3) is 5.91 Å². The Labute approximate surface area is 108 Å². The zero-order valence-corrected chi connectivity index (χ0v) is 11.2. The van der Waals surface area contributed by atoms with Gasteiger partial charge in [0.2, 0.25) is 0 Å². The van der Waals surface area contributed by atoms with Crippen molar-refractivity contribution in [1.29, 1.82) is 0 Å². The second-order valence-electron chi connectivity index (χ2n) is 5.20. The van der Waals surface area contributed by atoms with Crippen LogP contribution in [0.1, 0.15) is 48.7 Å². The number of carbonyl (C=O) groups excluding carboxylic acids is 1. The van der Waals surface area contributed by atoms with Crippen LogP contribution in [-0.2, 0) is 4.74 Å². The summed E-state index contributed by atoms with van der Waals surface area (Å²) in [7, 11) is 1.69. The van der Waals surface area contributed by atoms with Crippen LogP contribution in [0.2, 0.25) is 0 Å². The van der Waals surface area contributed by atoms with Gasteiger partial charge in [0.15, 0.2) is 0 Å². The predicted molar refractivity (Wildman–Crippen MR) is 69.6 cm³/mol. The maximum absolute atomic E-state index is 12.0. The number of carbonyl (C=O) groups is 1. The lowest BCUT2D eigenvalue weighted by Crippen LogP contribution is -2.34. The van der Waals surface area contributed by atoms with Crippen molar-refractivity contribution < 1.29 is 9.53 Å². The van der Waals surface area contributed by atoms with Crippen LogP contribution in [0, 0.1) is 0 Å². The number of amides is 1. The Balaban J connectivity index is 1.98. The van der Waals surface area contributed by atoms with Gasteiger partial charge < -0.3 is 10.1 Å². The summed E-state index contributed by atoms with van der Waals surface area (Å²) < 4.78 is 5.36. The van der Waals surface area contributed by atoms with Crippen LogP contribution in [0.5, 0.6) is 0 Å². The summed E-state index contributed by atoms with van der Waals surface area (Å²) in [5.41, 5.74) is 1.49. The van der Waals surface area contributed by atoms with E-state index in [4.69, 9.17) is 4.74 Å². The molecule has 0 bridgehead atoms. The fraction of sp³-hybridized carbons (Fsp3) is 0.571. The lowest BCUT2D eigenvalue weighted by atomic mass is 10.0. The van der Waals surface area contributed by atoms with Crippen LogP contribution in [-0.4, -0.2) is 30.1 Å². The molecule has 4 heteroatoms. The first-order chi connectivity index (χ1) is 8.56. The van der Waals surface area contributed by atoms with Crippen molar-refractivity contribution in [3.05, 3.63) is 29.6 Å². The fourth-order valence-electron chi connectivity index (χ4n) is 1.85. The first-order valence-corrected chi connectivity index (χ1v) is 6.36. The summed E-state index contributed by atoms with van der Waals surface area (Å²) in [6.45, 7) is 4.76.